The summed E-state index contributed by atoms with van der Waals surface area (Å²) in [4.78, 5) is 30.0. The van der Waals surface area contributed by atoms with E-state index in [0.29, 0.717) is 26.2 Å². The number of carbonyl (C=O) groups excluding carboxylic acids is 1. The van der Waals surface area contributed by atoms with Gasteiger partial charge < -0.3 is 4.90 Å². The molecule has 0 bridgehead atoms. The highest BCUT2D eigenvalue weighted by Crippen LogP contribution is 2.30. The zero-order valence-electron chi connectivity index (χ0n) is 14.7. The van der Waals surface area contributed by atoms with Crippen molar-refractivity contribution in [3.05, 3.63) is 79.8 Å². The molecule has 1 aromatic heterocycles. The number of benzene rings is 2. The first kappa shape index (κ1) is 19.0. The average molecular weight is 402 g/mol. The number of aryl methyl sites for hydroxylation is 1. The first-order valence-corrected chi connectivity index (χ1v) is 9.27. The molecule has 0 saturated carbocycles. The van der Waals surface area contributed by atoms with Crippen molar-refractivity contribution in [2.75, 3.05) is 7.05 Å². The summed E-state index contributed by atoms with van der Waals surface area (Å²) in [6.45, 7) is 1.91. The van der Waals surface area contributed by atoms with Crippen molar-refractivity contribution in [2.24, 2.45) is 0 Å². The molecule has 0 N–H and O–H groups in total. The van der Waals surface area contributed by atoms with Crippen LogP contribution in [0.3, 0.4) is 0 Å². The minimum absolute atomic E-state index is 0.00204. The van der Waals surface area contributed by atoms with Gasteiger partial charge in [0.05, 0.1) is 17.2 Å². The molecule has 0 spiro atoms. The van der Waals surface area contributed by atoms with Crippen molar-refractivity contribution in [3.8, 4) is 10.6 Å². The molecule has 1 amide bonds. The van der Waals surface area contributed by atoms with Gasteiger partial charge >= 0.3 is 0 Å². The maximum atomic E-state index is 12.9. The van der Waals surface area contributed by atoms with Crippen LogP contribution in [0.4, 0.5) is 5.69 Å². The number of nitro groups is 1. The lowest BCUT2D eigenvalue weighted by molar-refractivity contribution is -0.385. The number of aromatic nitrogens is 1. The van der Waals surface area contributed by atoms with Crippen LogP contribution in [-0.4, -0.2) is 27.8 Å². The average Bonchev–Trinajstić information content (AvgIpc) is 3.03. The lowest BCUT2D eigenvalue weighted by atomic mass is 10.1. The fraction of sp³-hybridized carbons (Fsp3) is 0.158. The molecule has 0 atom stereocenters. The van der Waals surface area contributed by atoms with Crippen molar-refractivity contribution in [1.82, 2.24) is 9.88 Å². The van der Waals surface area contributed by atoms with E-state index in [0.717, 1.165) is 5.56 Å². The Morgan fingerprint density at radius 1 is 1.26 bits per heavy atom. The van der Waals surface area contributed by atoms with Gasteiger partial charge in [0.2, 0.25) is 0 Å². The predicted octanol–water partition coefficient (Wildman–Crippen LogP) is 4.95. The number of halogens is 1. The summed E-state index contributed by atoms with van der Waals surface area (Å²) in [7, 11) is 1.62. The van der Waals surface area contributed by atoms with Gasteiger partial charge in [0.1, 0.15) is 9.88 Å². The molecular formula is C19H16ClN3O3S. The van der Waals surface area contributed by atoms with Gasteiger partial charge in [-0.25, -0.2) is 4.98 Å². The summed E-state index contributed by atoms with van der Waals surface area (Å²) >= 11 is 7.32. The van der Waals surface area contributed by atoms with Gasteiger partial charge in [0.15, 0.2) is 0 Å². The van der Waals surface area contributed by atoms with E-state index in [1.165, 1.54) is 22.3 Å². The second kappa shape index (κ2) is 7.85. The smallest absolute Gasteiger partial charge is 0.274 e. The number of nitro benzene ring substituents is 1. The quantitative estimate of drug-likeness (QED) is 0.447. The van der Waals surface area contributed by atoms with Crippen LogP contribution in [0, 0.1) is 17.0 Å². The maximum Gasteiger partial charge on any atom is 0.274 e. The zero-order chi connectivity index (χ0) is 19.6. The summed E-state index contributed by atoms with van der Waals surface area (Å²) < 4.78 is 0. The number of para-hydroxylation sites is 1. The van der Waals surface area contributed by atoms with Gasteiger partial charge in [-0.3, -0.25) is 14.9 Å². The molecule has 138 valence electrons. The molecule has 0 aliphatic heterocycles. The van der Waals surface area contributed by atoms with Crippen LogP contribution in [-0.2, 0) is 6.54 Å². The van der Waals surface area contributed by atoms with E-state index in [1.54, 1.807) is 44.3 Å². The van der Waals surface area contributed by atoms with Crippen molar-refractivity contribution in [1.29, 1.82) is 0 Å². The van der Waals surface area contributed by atoms with Crippen molar-refractivity contribution >= 4 is 34.5 Å². The van der Waals surface area contributed by atoms with E-state index >= 15 is 0 Å². The Morgan fingerprint density at radius 2 is 2.00 bits per heavy atom. The predicted molar refractivity (Wildman–Crippen MR) is 106 cm³/mol. The first-order valence-electron chi connectivity index (χ1n) is 8.08. The molecule has 8 heteroatoms. The molecule has 0 aliphatic rings. The molecule has 6 nitrogen and oxygen atoms in total. The maximum absolute atomic E-state index is 12.9. The number of thiazole rings is 1. The lowest BCUT2D eigenvalue weighted by Crippen LogP contribution is -2.26. The van der Waals surface area contributed by atoms with E-state index in [2.05, 4.69) is 4.98 Å². The van der Waals surface area contributed by atoms with Crippen LogP contribution in [0.25, 0.3) is 10.6 Å². The molecule has 3 aromatic rings. The first-order chi connectivity index (χ1) is 12.9. The van der Waals surface area contributed by atoms with Crippen molar-refractivity contribution < 1.29 is 9.72 Å². The Kier molecular flexibility index (Phi) is 5.53. The van der Waals surface area contributed by atoms with Crippen LogP contribution >= 0.6 is 22.9 Å². The molecule has 0 saturated heterocycles. The zero-order valence-corrected chi connectivity index (χ0v) is 16.3. The van der Waals surface area contributed by atoms with Crippen LogP contribution in [0.2, 0.25) is 5.02 Å². The minimum atomic E-state index is -0.442. The Labute approximate surface area is 165 Å². The minimum Gasteiger partial charge on any atom is -0.336 e. The van der Waals surface area contributed by atoms with E-state index in [4.69, 9.17) is 11.6 Å². The molecule has 0 unspecified atom stereocenters. The highest BCUT2D eigenvalue weighted by molar-refractivity contribution is 7.17. The lowest BCUT2D eigenvalue weighted by Gasteiger charge is -2.16. The molecule has 3 rings (SSSR count). The van der Waals surface area contributed by atoms with E-state index in [-0.39, 0.29) is 18.1 Å². The van der Waals surface area contributed by atoms with Gasteiger partial charge in [0.25, 0.3) is 11.6 Å². The fourth-order valence-corrected chi connectivity index (χ4v) is 3.91. The number of amides is 1. The highest BCUT2D eigenvalue weighted by atomic mass is 35.5. The summed E-state index contributed by atoms with van der Waals surface area (Å²) in [5, 5.41) is 12.5. The third-order valence-electron chi connectivity index (χ3n) is 4.00. The number of carbonyl (C=O) groups is 1. The van der Waals surface area contributed by atoms with Gasteiger partial charge in [-0.2, -0.15) is 0 Å². The number of hydrogen-bond acceptors (Lipinski definition) is 5. The second-order valence-corrected chi connectivity index (χ2v) is 7.43. The van der Waals surface area contributed by atoms with Crippen molar-refractivity contribution in [2.45, 2.75) is 13.5 Å². The van der Waals surface area contributed by atoms with Crippen LogP contribution in [0.15, 0.2) is 48.5 Å². The number of rotatable bonds is 5. The fourth-order valence-electron chi connectivity index (χ4n) is 2.66. The third kappa shape index (κ3) is 4.15. The second-order valence-electron chi connectivity index (χ2n) is 5.99. The Balaban J connectivity index is 1.85. The number of nitrogens with zero attached hydrogens (tertiary/aromatic N) is 3. The molecule has 2 aromatic carbocycles. The summed E-state index contributed by atoms with van der Waals surface area (Å²) in [5.41, 5.74) is 1.94. The number of hydrogen-bond donors (Lipinski definition) is 0. The molecule has 1 heterocycles. The Morgan fingerprint density at radius 3 is 2.70 bits per heavy atom. The highest BCUT2D eigenvalue weighted by Gasteiger charge is 2.22. The van der Waals surface area contributed by atoms with Crippen molar-refractivity contribution in [3.63, 3.8) is 0 Å². The van der Waals surface area contributed by atoms with E-state index < -0.39 is 4.92 Å². The van der Waals surface area contributed by atoms with Gasteiger partial charge in [-0.1, -0.05) is 41.9 Å². The monoisotopic (exact) mass is 401 g/mol. The molecule has 0 fully saturated rings. The van der Waals surface area contributed by atoms with E-state index in [9.17, 15) is 14.9 Å². The van der Waals surface area contributed by atoms with Gasteiger partial charge in [0, 0.05) is 29.3 Å². The molecule has 0 radical (unpaired) electrons. The van der Waals surface area contributed by atoms with E-state index in [1.807, 2.05) is 12.1 Å². The SMILES string of the molecule is Cc1nc(-c2cccc(Cl)c2)sc1C(=O)N(C)Cc1ccccc1[N+](=O)[O-]. The normalized spacial score (nSPS) is 10.6. The Bertz CT molecular complexity index is 1020. The summed E-state index contributed by atoms with van der Waals surface area (Å²) in [5.74, 6) is -0.226. The molecular weight excluding hydrogens is 386 g/mol. The van der Waals surface area contributed by atoms with Crippen LogP contribution < -0.4 is 0 Å². The van der Waals surface area contributed by atoms with Gasteiger partial charge in [-0.05, 0) is 19.1 Å². The third-order valence-corrected chi connectivity index (χ3v) is 5.43. The van der Waals surface area contributed by atoms with Crippen LogP contribution in [0.1, 0.15) is 20.9 Å². The molecule has 27 heavy (non-hydrogen) atoms. The summed E-state index contributed by atoms with van der Waals surface area (Å²) in [6.07, 6.45) is 0. The largest absolute Gasteiger partial charge is 0.336 e. The standard InChI is InChI=1S/C19H16ClN3O3S/c1-12-17(27-18(21-12)13-7-5-8-15(20)10-13)19(24)22(2)11-14-6-3-4-9-16(14)23(25)26/h3-10H,11H2,1-2H3. The van der Waals surface area contributed by atoms with Gasteiger partial charge in [-0.15, -0.1) is 11.3 Å². The summed E-state index contributed by atoms with van der Waals surface area (Å²) in [6, 6.07) is 13.7. The molecule has 0 aliphatic carbocycles. The topological polar surface area (TPSA) is 76.3 Å². The Hall–Kier alpha value is -2.77. The van der Waals surface area contributed by atoms with Crippen LogP contribution in [0.5, 0.6) is 0 Å².